The SMILES string of the molecule is COCC(C(=O)NN)N(C)C(C)CSC. The molecule has 15 heavy (non-hydrogen) atoms. The highest BCUT2D eigenvalue weighted by Gasteiger charge is 2.25. The molecule has 5 nitrogen and oxygen atoms in total. The number of hydrogen-bond acceptors (Lipinski definition) is 5. The second kappa shape index (κ2) is 7.92. The standard InChI is InChI=1S/C9H21N3O2S/c1-7(6-15-4)12(2)8(5-14-3)9(13)11-10/h7-8H,5-6,10H2,1-4H3,(H,11,13). The molecule has 0 rings (SSSR count). The Hall–Kier alpha value is -0.300. The van der Waals surface area contributed by atoms with Gasteiger partial charge in [0.25, 0.3) is 5.91 Å². The van der Waals surface area contributed by atoms with Crippen LogP contribution in [0.4, 0.5) is 0 Å². The van der Waals surface area contributed by atoms with Crippen LogP contribution in [0.5, 0.6) is 0 Å². The number of methoxy groups -OCH3 is 1. The van der Waals surface area contributed by atoms with E-state index in [0.717, 1.165) is 5.75 Å². The highest BCUT2D eigenvalue weighted by Crippen LogP contribution is 2.08. The summed E-state index contributed by atoms with van der Waals surface area (Å²) in [5, 5.41) is 0. The van der Waals surface area contributed by atoms with E-state index in [2.05, 4.69) is 12.3 Å². The molecule has 0 aliphatic rings. The maximum absolute atomic E-state index is 11.5. The van der Waals surface area contributed by atoms with Crippen LogP contribution in [0, 0.1) is 0 Å². The summed E-state index contributed by atoms with van der Waals surface area (Å²) in [7, 11) is 3.48. The van der Waals surface area contributed by atoms with E-state index >= 15 is 0 Å². The van der Waals surface area contributed by atoms with Gasteiger partial charge in [-0.05, 0) is 20.2 Å². The third-order valence-corrected chi connectivity index (χ3v) is 3.18. The minimum atomic E-state index is -0.331. The molecule has 0 fully saturated rings. The van der Waals surface area contributed by atoms with Crippen molar-refractivity contribution in [2.45, 2.75) is 19.0 Å². The van der Waals surface area contributed by atoms with Gasteiger partial charge in [0.15, 0.2) is 0 Å². The number of nitrogens with two attached hydrogens (primary N) is 1. The molecule has 1 amide bonds. The lowest BCUT2D eigenvalue weighted by molar-refractivity contribution is -0.128. The summed E-state index contributed by atoms with van der Waals surface area (Å²) in [6.07, 6.45) is 2.04. The molecular formula is C9H21N3O2S. The number of nitrogens with zero attached hydrogens (tertiary/aromatic N) is 1. The number of rotatable bonds is 7. The van der Waals surface area contributed by atoms with E-state index in [9.17, 15) is 4.79 Å². The minimum Gasteiger partial charge on any atom is -0.383 e. The molecule has 0 aliphatic carbocycles. The first-order valence-electron chi connectivity index (χ1n) is 4.78. The molecule has 0 aliphatic heterocycles. The van der Waals surface area contributed by atoms with Gasteiger partial charge in [-0.15, -0.1) is 0 Å². The zero-order chi connectivity index (χ0) is 11.8. The van der Waals surface area contributed by atoms with E-state index in [0.29, 0.717) is 12.6 Å². The summed E-state index contributed by atoms with van der Waals surface area (Å²) in [5.41, 5.74) is 2.16. The van der Waals surface area contributed by atoms with Crippen molar-refractivity contribution >= 4 is 17.7 Å². The van der Waals surface area contributed by atoms with Crippen LogP contribution in [0.25, 0.3) is 0 Å². The molecule has 0 spiro atoms. The lowest BCUT2D eigenvalue weighted by Gasteiger charge is -2.30. The maximum Gasteiger partial charge on any atom is 0.253 e. The molecule has 2 unspecified atom stereocenters. The number of carbonyl (C=O) groups excluding carboxylic acids is 1. The predicted molar refractivity (Wildman–Crippen MR) is 63.6 cm³/mol. The van der Waals surface area contributed by atoms with Crippen molar-refractivity contribution in [3.8, 4) is 0 Å². The molecule has 0 aromatic carbocycles. The number of ether oxygens (including phenoxy) is 1. The van der Waals surface area contributed by atoms with Crippen molar-refractivity contribution in [2.75, 3.05) is 32.8 Å². The van der Waals surface area contributed by atoms with E-state index in [1.165, 1.54) is 0 Å². The Balaban J connectivity index is 4.39. The highest BCUT2D eigenvalue weighted by atomic mass is 32.2. The smallest absolute Gasteiger partial charge is 0.253 e. The number of hydrogen-bond donors (Lipinski definition) is 2. The Kier molecular flexibility index (Phi) is 7.76. The number of amides is 1. The first-order valence-corrected chi connectivity index (χ1v) is 6.18. The Morgan fingerprint density at radius 1 is 1.67 bits per heavy atom. The lowest BCUT2D eigenvalue weighted by atomic mass is 10.2. The highest BCUT2D eigenvalue weighted by molar-refractivity contribution is 7.98. The van der Waals surface area contributed by atoms with Gasteiger partial charge in [0.05, 0.1) is 6.61 Å². The average molecular weight is 235 g/mol. The first kappa shape index (κ1) is 14.7. The first-order chi connectivity index (χ1) is 7.08. The summed E-state index contributed by atoms with van der Waals surface area (Å²) < 4.78 is 5.01. The summed E-state index contributed by atoms with van der Waals surface area (Å²) in [6, 6.07) is -0.0281. The molecule has 0 aromatic rings. The quantitative estimate of drug-likeness (QED) is 0.359. The third-order valence-electron chi connectivity index (χ3n) is 2.36. The number of likely N-dealkylation sites (N-methyl/N-ethyl adjacent to an activating group) is 1. The summed E-state index contributed by atoms with van der Waals surface area (Å²) in [4.78, 5) is 13.5. The fourth-order valence-electron chi connectivity index (χ4n) is 1.30. The van der Waals surface area contributed by atoms with Gasteiger partial charge >= 0.3 is 0 Å². The van der Waals surface area contributed by atoms with Crippen LogP contribution < -0.4 is 11.3 Å². The van der Waals surface area contributed by atoms with Crippen LogP contribution in [0.3, 0.4) is 0 Å². The van der Waals surface area contributed by atoms with Gasteiger partial charge in [-0.2, -0.15) is 11.8 Å². The topological polar surface area (TPSA) is 67.6 Å². The molecule has 90 valence electrons. The van der Waals surface area contributed by atoms with Gasteiger partial charge in [0.1, 0.15) is 6.04 Å². The van der Waals surface area contributed by atoms with E-state index in [-0.39, 0.29) is 11.9 Å². The van der Waals surface area contributed by atoms with Crippen molar-refractivity contribution in [2.24, 2.45) is 5.84 Å². The third kappa shape index (κ3) is 4.83. The van der Waals surface area contributed by atoms with E-state index in [4.69, 9.17) is 10.6 Å². The lowest BCUT2D eigenvalue weighted by Crippen LogP contribution is -2.53. The number of nitrogens with one attached hydrogen (secondary N) is 1. The second-order valence-corrected chi connectivity index (χ2v) is 4.36. The zero-order valence-corrected chi connectivity index (χ0v) is 10.6. The largest absolute Gasteiger partial charge is 0.383 e. The molecule has 0 heterocycles. The van der Waals surface area contributed by atoms with Gasteiger partial charge in [0.2, 0.25) is 0 Å². The van der Waals surface area contributed by atoms with Crippen LogP contribution >= 0.6 is 11.8 Å². The van der Waals surface area contributed by atoms with Crippen molar-refractivity contribution in [1.29, 1.82) is 0 Å². The predicted octanol–water partition coefficient (Wildman–Crippen LogP) is -0.325. The summed E-state index contributed by atoms with van der Waals surface area (Å²) in [6.45, 7) is 2.42. The Bertz CT molecular complexity index is 192. The molecule has 0 bridgehead atoms. The van der Waals surface area contributed by atoms with E-state index in [1.54, 1.807) is 18.9 Å². The second-order valence-electron chi connectivity index (χ2n) is 3.45. The molecule has 3 N–H and O–H groups in total. The Labute approximate surface area is 95.7 Å². The van der Waals surface area contributed by atoms with Crippen LogP contribution in [0.1, 0.15) is 6.92 Å². The van der Waals surface area contributed by atoms with Crippen molar-refractivity contribution in [3.05, 3.63) is 0 Å². The van der Waals surface area contributed by atoms with Crippen LogP contribution in [-0.4, -0.2) is 55.7 Å². The summed E-state index contributed by atoms with van der Waals surface area (Å²) in [5.74, 6) is 5.88. The van der Waals surface area contributed by atoms with Gasteiger partial charge in [-0.1, -0.05) is 0 Å². The average Bonchev–Trinajstić information content (AvgIpc) is 2.24. The fraction of sp³-hybridized carbons (Fsp3) is 0.889. The van der Waals surface area contributed by atoms with Gasteiger partial charge in [-0.3, -0.25) is 15.1 Å². The van der Waals surface area contributed by atoms with Crippen molar-refractivity contribution in [3.63, 3.8) is 0 Å². The normalized spacial score (nSPS) is 15.1. The number of thioether (sulfide) groups is 1. The maximum atomic E-state index is 11.5. The molecule has 6 heteroatoms. The number of hydrazine groups is 1. The van der Waals surface area contributed by atoms with Crippen LogP contribution in [-0.2, 0) is 9.53 Å². The van der Waals surface area contributed by atoms with Crippen LogP contribution in [0.15, 0.2) is 0 Å². The van der Waals surface area contributed by atoms with E-state index in [1.807, 2.05) is 18.2 Å². The van der Waals surface area contributed by atoms with Gasteiger partial charge < -0.3 is 4.74 Å². The number of carbonyl (C=O) groups is 1. The monoisotopic (exact) mass is 235 g/mol. The van der Waals surface area contributed by atoms with Gasteiger partial charge in [-0.25, -0.2) is 5.84 Å². The molecule has 0 radical (unpaired) electrons. The fourth-order valence-corrected chi connectivity index (χ4v) is 2.02. The molecule has 2 atom stereocenters. The molecule has 0 saturated carbocycles. The van der Waals surface area contributed by atoms with Crippen LogP contribution in [0.2, 0.25) is 0 Å². The Morgan fingerprint density at radius 2 is 2.27 bits per heavy atom. The molecule has 0 saturated heterocycles. The molecule has 0 aromatic heterocycles. The van der Waals surface area contributed by atoms with Gasteiger partial charge in [0, 0.05) is 18.9 Å². The minimum absolute atomic E-state index is 0.215. The van der Waals surface area contributed by atoms with Crippen molar-refractivity contribution in [1.82, 2.24) is 10.3 Å². The summed E-state index contributed by atoms with van der Waals surface area (Å²) >= 11 is 1.75. The zero-order valence-electron chi connectivity index (χ0n) is 9.82. The Morgan fingerprint density at radius 3 is 2.67 bits per heavy atom. The van der Waals surface area contributed by atoms with E-state index < -0.39 is 0 Å². The van der Waals surface area contributed by atoms with Crippen molar-refractivity contribution < 1.29 is 9.53 Å². The molecular weight excluding hydrogens is 214 g/mol.